The number of hydrogen-bond acceptors (Lipinski definition) is 4. The molecule has 0 aliphatic heterocycles. The second-order valence-corrected chi connectivity index (χ2v) is 4.31. The van der Waals surface area contributed by atoms with Crippen molar-refractivity contribution in [3.05, 3.63) is 29.3 Å². The summed E-state index contributed by atoms with van der Waals surface area (Å²) in [6.07, 6.45) is 0. The van der Waals surface area contributed by atoms with Crippen LogP contribution in [0.3, 0.4) is 0 Å². The summed E-state index contributed by atoms with van der Waals surface area (Å²) in [5, 5.41) is 0. The quantitative estimate of drug-likeness (QED) is 0.610. The molecule has 1 aromatic rings. The molecular weight excluding hydrogens is 244 g/mol. The van der Waals surface area contributed by atoms with Crippen LogP contribution in [0.4, 0.5) is 0 Å². The Morgan fingerprint density at radius 1 is 0.789 bits per heavy atom. The number of rotatable bonds is 10. The lowest BCUT2D eigenvalue weighted by Gasteiger charge is -2.09. The number of methoxy groups -OCH3 is 1. The maximum atomic E-state index is 5.60. The normalized spacial score (nSPS) is 10.7. The predicted octanol–water partition coefficient (Wildman–Crippen LogP) is 2.36. The average molecular weight is 268 g/mol. The monoisotopic (exact) mass is 268 g/mol. The maximum Gasteiger partial charge on any atom is 0.119 e. The highest BCUT2D eigenvalue weighted by atomic mass is 16.6. The summed E-state index contributed by atoms with van der Waals surface area (Å²) in [5.74, 6) is 0.892. The summed E-state index contributed by atoms with van der Waals surface area (Å²) in [4.78, 5) is 0. The van der Waals surface area contributed by atoms with Gasteiger partial charge in [0, 0.05) is 7.11 Å². The second kappa shape index (κ2) is 9.78. The standard InChI is InChI=1S/C15H24O4/c1-13-4-5-15(12-14(13)2)19-11-10-18-9-8-17-7-6-16-3/h4-5,12H,6-11H2,1-3H3. The van der Waals surface area contributed by atoms with E-state index in [2.05, 4.69) is 19.9 Å². The molecule has 0 radical (unpaired) electrons. The van der Waals surface area contributed by atoms with Crippen molar-refractivity contribution in [1.82, 2.24) is 0 Å². The van der Waals surface area contributed by atoms with Crippen molar-refractivity contribution in [3.63, 3.8) is 0 Å². The van der Waals surface area contributed by atoms with Crippen molar-refractivity contribution in [2.45, 2.75) is 13.8 Å². The molecule has 0 aromatic heterocycles. The van der Waals surface area contributed by atoms with Gasteiger partial charge in [0.1, 0.15) is 12.4 Å². The molecule has 0 amide bonds. The Morgan fingerprint density at radius 3 is 2.05 bits per heavy atom. The van der Waals surface area contributed by atoms with E-state index in [4.69, 9.17) is 18.9 Å². The summed E-state index contributed by atoms with van der Waals surface area (Å²) in [6, 6.07) is 6.09. The molecule has 0 spiro atoms. The zero-order valence-electron chi connectivity index (χ0n) is 12.1. The van der Waals surface area contributed by atoms with Gasteiger partial charge >= 0.3 is 0 Å². The third-order valence-electron chi connectivity index (χ3n) is 2.78. The van der Waals surface area contributed by atoms with E-state index in [1.165, 1.54) is 11.1 Å². The van der Waals surface area contributed by atoms with Gasteiger partial charge in [-0.15, -0.1) is 0 Å². The zero-order valence-corrected chi connectivity index (χ0v) is 12.1. The molecule has 0 saturated heterocycles. The first-order chi connectivity index (χ1) is 9.24. The summed E-state index contributed by atoms with van der Waals surface area (Å²) < 4.78 is 21.1. The molecule has 19 heavy (non-hydrogen) atoms. The van der Waals surface area contributed by atoms with Gasteiger partial charge in [-0.2, -0.15) is 0 Å². The van der Waals surface area contributed by atoms with Gasteiger partial charge in [0.25, 0.3) is 0 Å². The highest BCUT2D eigenvalue weighted by molar-refractivity contribution is 5.33. The lowest BCUT2D eigenvalue weighted by molar-refractivity contribution is 0.0179. The van der Waals surface area contributed by atoms with Crippen molar-refractivity contribution in [2.24, 2.45) is 0 Å². The van der Waals surface area contributed by atoms with Crippen molar-refractivity contribution in [3.8, 4) is 5.75 Å². The molecule has 0 atom stereocenters. The van der Waals surface area contributed by atoms with Crippen LogP contribution in [0.25, 0.3) is 0 Å². The number of aryl methyl sites for hydroxylation is 2. The largest absolute Gasteiger partial charge is 0.491 e. The minimum absolute atomic E-state index is 0.556. The van der Waals surface area contributed by atoms with Gasteiger partial charge < -0.3 is 18.9 Å². The predicted molar refractivity (Wildman–Crippen MR) is 74.9 cm³/mol. The highest BCUT2D eigenvalue weighted by Gasteiger charge is 1.97. The number of hydrogen-bond donors (Lipinski definition) is 0. The third-order valence-corrected chi connectivity index (χ3v) is 2.78. The summed E-state index contributed by atoms with van der Waals surface area (Å²) >= 11 is 0. The molecule has 108 valence electrons. The number of ether oxygens (including phenoxy) is 4. The van der Waals surface area contributed by atoms with E-state index in [0.717, 1.165) is 5.75 Å². The van der Waals surface area contributed by atoms with Crippen LogP contribution in [-0.4, -0.2) is 46.8 Å². The molecule has 0 fully saturated rings. The van der Waals surface area contributed by atoms with Gasteiger partial charge in [-0.3, -0.25) is 0 Å². The van der Waals surface area contributed by atoms with Gasteiger partial charge in [-0.05, 0) is 37.1 Å². The van der Waals surface area contributed by atoms with Crippen LogP contribution in [-0.2, 0) is 14.2 Å². The van der Waals surface area contributed by atoms with E-state index in [-0.39, 0.29) is 0 Å². The molecule has 0 unspecified atom stereocenters. The van der Waals surface area contributed by atoms with E-state index >= 15 is 0 Å². The molecule has 4 nitrogen and oxygen atoms in total. The van der Waals surface area contributed by atoms with E-state index in [1.807, 2.05) is 12.1 Å². The molecule has 1 aromatic carbocycles. The minimum Gasteiger partial charge on any atom is -0.491 e. The molecule has 0 N–H and O–H groups in total. The van der Waals surface area contributed by atoms with Crippen molar-refractivity contribution >= 4 is 0 Å². The average Bonchev–Trinajstić information content (AvgIpc) is 2.41. The van der Waals surface area contributed by atoms with Gasteiger partial charge in [0.15, 0.2) is 0 Å². The SMILES string of the molecule is COCCOCCOCCOc1ccc(C)c(C)c1. The first kappa shape index (κ1) is 16.0. The van der Waals surface area contributed by atoms with Crippen molar-refractivity contribution in [1.29, 1.82) is 0 Å². The fourth-order valence-corrected chi connectivity index (χ4v) is 1.49. The summed E-state index contributed by atoms with van der Waals surface area (Å²) in [6.45, 7) is 7.70. The van der Waals surface area contributed by atoms with Gasteiger partial charge in [-0.25, -0.2) is 0 Å². The molecule has 0 saturated carbocycles. The molecule has 1 rings (SSSR count). The van der Waals surface area contributed by atoms with Crippen LogP contribution in [0.5, 0.6) is 5.75 Å². The number of benzene rings is 1. The van der Waals surface area contributed by atoms with Crippen LogP contribution in [0.15, 0.2) is 18.2 Å². The van der Waals surface area contributed by atoms with Crippen LogP contribution < -0.4 is 4.74 Å². The van der Waals surface area contributed by atoms with E-state index in [1.54, 1.807) is 7.11 Å². The van der Waals surface area contributed by atoms with E-state index in [9.17, 15) is 0 Å². The Morgan fingerprint density at radius 2 is 1.42 bits per heavy atom. The van der Waals surface area contributed by atoms with Gasteiger partial charge in [-0.1, -0.05) is 6.07 Å². The second-order valence-electron chi connectivity index (χ2n) is 4.31. The van der Waals surface area contributed by atoms with E-state index < -0.39 is 0 Å². The lowest BCUT2D eigenvalue weighted by atomic mass is 10.1. The molecule has 0 heterocycles. The fraction of sp³-hybridized carbons (Fsp3) is 0.600. The summed E-state index contributed by atoms with van der Waals surface area (Å²) in [5.41, 5.74) is 2.52. The Balaban J connectivity index is 2.00. The molecule has 0 bridgehead atoms. The van der Waals surface area contributed by atoms with Crippen LogP contribution >= 0.6 is 0 Å². The molecule has 0 aliphatic carbocycles. The minimum atomic E-state index is 0.556. The van der Waals surface area contributed by atoms with Crippen molar-refractivity contribution in [2.75, 3.05) is 46.8 Å². The third kappa shape index (κ3) is 7.15. The molecule has 0 aliphatic rings. The lowest BCUT2D eigenvalue weighted by Crippen LogP contribution is -2.12. The van der Waals surface area contributed by atoms with Crippen molar-refractivity contribution < 1.29 is 18.9 Å². The molecular formula is C15H24O4. The Labute approximate surface area is 115 Å². The van der Waals surface area contributed by atoms with Crippen LogP contribution in [0.2, 0.25) is 0 Å². The zero-order chi connectivity index (χ0) is 13.9. The van der Waals surface area contributed by atoms with Gasteiger partial charge in [0.05, 0.1) is 33.0 Å². The molecule has 4 heteroatoms. The van der Waals surface area contributed by atoms with E-state index in [0.29, 0.717) is 39.6 Å². The highest BCUT2D eigenvalue weighted by Crippen LogP contribution is 2.16. The summed E-state index contributed by atoms with van der Waals surface area (Å²) in [7, 11) is 1.66. The first-order valence-corrected chi connectivity index (χ1v) is 6.58. The Kier molecular flexibility index (Phi) is 8.21. The van der Waals surface area contributed by atoms with Crippen LogP contribution in [0.1, 0.15) is 11.1 Å². The Bertz CT molecular complexity index is 352. The maximum absolute atomic E-state index is 5.60. The Hall–Kier alpha value is -1.10. The smallest absolute Gasteiger partial charge is 0.119 e. The van der Waals surface area contributed by atoms with Crippen LogP contribution in [0, 0.1) is 13.8 Å². The van der Waals surface area contributed by atoms with Gasteiger partial charge in [0.2, 0.25) is 0 Å². The fourth-order valence-electron chi connectivity index (χ4n) is 1.49. The first-order valence-electron chi connectivity index (χ1n) is 6.58. The topological polar surface area (TPSA) is 36.9 Å².